The van der Waals surface area contributed by atoms with Crippen molar-refractivity contribution in [3.63, 3.8) is 0 Å². The predicted molar refractivity (Wildman–Crippen MR) is 80.5 cm³/mol. The molecule has 1 N–H and O–H groups in total. The summed E-state index contributed by atoms with van der Waals surface area (Å²) >= 11 is 3.43. The molecule has 0 saturated heterocycles. The minimum absolute atomic E-state index is 0.174. The number of amides is 1. The summed E-state index contributed by atoms with van der Waals surface area (Å²) in [4.78, 5) is 16.6. The lowest BCUT2D eigenvalue weighted by molar-refractivity contribution is 0.126. The van der Waals surface area contributed by atoms with E-state index >= 15 is 0 Å². The second-order valence-electron chi connectivity index (χ2n) is 4.49. The van der Waals surface area contributed by atoms with Crippen LogP contribution >= 0.6 is 15.9 Å². The molecule has 7 nitrogen and oxygen atoms in total. The van der Waals surface area contributed by atoms with E-state index in [0.717, 1.165) is 15.5 Å². The Hall–Kier alpha value is -1.80. The van der Waals surface area contributed by atoms with Crippen LogP contribution < -0.4 is 4.74 Å². The number of rotatable bonds is 5. The van der Waals surface area contributed by atoms with Gasteiger partial charge >= 0.3 is 6.09 Å². The Morgan fingerprint density at radius 2 is 2.19 bits per heavy atom. The van der Waals surface area contributed by atoms with Crippen LogP contribution in [0.1, 0.15) is 5.82 Å². The number of carbonyl (C=O) groups is 1. The lowest BCUT2D eigenvalue weighted by atomic mass is 10.3. The van der Waals surface area contributed by atoms with Gasteiger partial charge in [0.05, 0.1) is 29.2 Å². The van der Waals surface area contributed by atoms with Gasteiger partial charge in [-0.15, -0.1) is 0 Å². The van der Waals surface area contributed by atoms with Gasteiger partial charge in [-0.25, -0.2) is 9.78 Å². The van der Waals surface area contributed by atoms with Crippen molar-refractivity contribution in [2.75, 3.05) is 21.3 Å². The highest BCUT2D eigenvalue weighted by Crippen LogP contribution is 2.30. The van der Waals surface area contributed by atoms with Crippen LogP contribution in [0.5, 0.6) is 5.75 Å². The summed E-state index contributed by atoms with van der Waals surface area (Å²) in [6, 6.07) is 3.68. The van der Waals surface area contributed by atoms with Gasteiger partial charge in [0.1, 0.15) is 18.3 Å². The van der Waals surface area contributed by atoms with Crippen molar-refractivity contribution < 1.29 is 19.4 Å². The minimum Gasteiger partial charge on any atom is -0.495 e. The highest BCUT2D eigenvalue weighted by Gasteiger charge is 2.16. The van der Waals surface area contributed by atoms with Gasteiger partial charge in [0, 0.05) is 20.2 Å². The third kappa shape index (κ3) is 3.11. The number of nitrogens with zero attached hydrogens (tertiary/aromatic N) is 3. The molecule has 1 aromatic heterocycles. The molecule has 1 heterocycles. The molecule has 0 atom stereocenters. The first kappa shape index (κ1) is 15.6. The Bertz CT molecular complexity index is 671. The smallest absolute Gasteiger partial charge is 0.407 e. The van der Waals surface area contributed by atoms with Gasteiger partial charge in [-0.3, -0.25) is 0 Å². The van der Waals surface area contributed by atoms with Crippen molar-refractivity contribution in [1.82, 2.24) is 14.5 Å². The number of benzene rings is 1. The molecule has 21 heavy (non-hydrogen) atoms. The Morgan fingerprint density at radius 1 is 1.48 bits per heavy atom. The first-order valence-corrected chi connectivity index (χ1v) is 6.92. The van der Waals surface area contributed by atoms with E-state index in [1.165, 1.54) is 11.9 Å². The van der Waals surface area contributed by atoms with Gasteiger partial charge in [0.25, 0.3) is 0 Å². The zero-order chi connectivity index (χ0) is 15.6. The van der Waals surface area contributed by atoms with Crippen molar-refractivity contribution in [3.8, 4) is 5.75 Å². The molecule has 1 amide bonds. The summed E-state index contributed by atoms with van der Waals surface area (Å²) in [6.45, 7) is 0.464. The molecule has 0 spiro atoms. The van der Waals surface area contributed by atoms with Crippen LogP contribution in [0.3, 0.4) is 0 Å². The molecule has 0 unspecified atom stereocenters. The number of imidazole rings is 1. The summed E-state index contributed by atoms with van der Waals surface area (Å²) in [5, 5.41) is 9.00. The van der Waals surface area contributed by atoms with E-state index < -0.39 is 6.09 Å². The second-order valence-corrected chi connectivity index (χ2v) is 5.34. The number of hydrogen-bond donors (Lipinski definition) is 1. The van der Waals surface area contributed by atoms with Crippen molar-refractivity contribution in [3.05, 3.63) is 22.4 Å². The van der Waals surface area contributed by atoms with E-state index in [9.17, 15) is 4.79 Å². The van der Waals surface area contributed by atoms with Crippen molar-refractivity contribution in [2.45, 2.75) is 13.3 Å². The number of carboxylic acid groups (broad SMARTS) is 1. The molecular weight excluding hydrogens is 342 g/mol. The van der Waals surface area contributed by atoms with Crippen molar-refractivity contribution >= 4 is 33.1 Å². The number of ether oxygens (including phenoxy) is 2. The van der Waals surface area contributed by atoms with Gasteiger partial charge < -0.3 is 24.0 Å². The van der Waals surface area contributed by atoms with Crippen LogP contribution in [0.15, 0.2) is 16.6 Å². The molecule has 2 aromatic rings. The fourth-order valence-corrected chi connectivity index (χ4v) is 2.50. The highest BCUT2D eigenvalue weighted by atomic mass is 79.9. The predicted octanol–water partition coefficient (Wildman–Crippen LogP) is 2.52. The van der Waals surface area contributed by atoms with E-state index in [0.29, 0.717) is 11.6 Å². The highest BCUT2D eigenvalue weighted by molar-refractivity contribution is 9.10. The third-order valence-electron chi connectivity index (χ3n) is 3.06. The molecule has 2 rings (SSSR count). The first-order chi connectivity index (χ1) is 9.97. The number of hydrogen-bond acceptors (Lipinski definition) is 4. The average molecular weight is 358 g/mol. The maximum atomic E-state index is 11.0. The summed E-state index contributed by atoms with van der Waals surface area (Å²) in [5.41, 5.74) is 1.57. The zero-order valence-corrected chi connectivity index (χ0v) is 13.5. The van der Waals surface area contributed by atoms with Crippen LogP contribution in [0, 0.1) is 0 Å². The number of methoxy groups -OCH3 is 2. The van der Waals surface area contributed by atoms with Crippen LogP contribution in [-0.4, -0.2) is 46.9 Å². The molecule has 0 aliphatic rings. The molecule has 0 bridgehead atoms. The largest absolute Gasteiger partial charge is 0.495 e. The Kier molecular flexibility index (Phi) is 4.69. The van der Waals surface area contributed by atoms with E-state index in [2.05, 4.69) is 20.9 Å². The molecule has 0 saturated carbocycles. The Balaban J connectivity index is 2.53. The SMILES string of the molecule is COCn1c(CN(C)C(=O)O)nc2cc(OC)c(Br)cc21. The lowest BCUT2D eigenvalue weighted by Crippen LogP contribution is -2.26. The molecule has 8 heteroatoms. The fourth-order valence-electron chi connectivity index (χ4n) is 2.01. The monoisotopic (exact) mass is 357 g/mol. The first-order valence-electron chi connectivity index (χ1n) is 6.13. The number of fused-ring (bicyclic) bond motifs is 1. The standard InChI is InChI=1S/C13H16BrN3O4/c1-16(13(18)19)6-12-15-9-5-11(21-3)8(14)4-10(9)17(12)7-20-2/h4-5H,6-7H2,1-3H3,(H,18,19). The van der Waals surface area contributed by atoms with E-state index in [1.54, 1.807) is 20.3 Å². The van der Waals surface area contributed by atoms with Crippen molar-refractivity contribution in [2.24, 2.45) is 0 Å². The van der Waals surface area contributed by atoms with Gasteiger partial charge in [0.2, 0.25) is 0 Å². The summed E-state index contributed by atoms with van der Waals surface area (Å²) < 4.78 is 13.1. The van der Waals surface area contributed by atoms with Crippen LogP contribution in [0.2, 0.25) is 0 Å². The molecule has 114 valence electrons. The second kappa shape index (κ2) is 6.31. The minimum atomic E-state index is -1.01. The van der Waals surface area contributed by atoms with E-state index in [-0.39, 0.29) is 13.3 Å². The molecule has 0 aliphatic carbocycles. The maximum absolute atomic E-state index is 11.0. The van der Waals surface area contributed by atoms with Crippen molar-refractivity contribution in [1.29, 1.82) is 0 Å². The van der Waals surface area contributed by atoms with Crippen LogP contribution in [0.25, 0.3) is 11.0 Å². The van der Waals surface area contributed by atoms with Gasteiger partial charge in [-0.05, 0) is 22.0 Å². The normalized spacial score (nSPS) is 10.9. The Labute approximate surface area is 130 Å². The molecule has 0 radical (unpaired) electrons. The summed E-state index contributed by atoms with van der Waals surface area (Å²) in [7, 11) is 4.65. The molecular formula is C13H16BrN3O4. The fraction of sp³-hybridized carbons (Fsp3) is 0.385. The van der Waals surface area contributed by atoms with Gasteiger partial charge in [-0.2, -0.15) is 0 Å². The lowest BCUT2D eigenvalue weighted by Gasteiger charge is -2.14. The third-order valence-corrected chi connectivity index (χ3v) is 3.68. The topological polar surface area (TPSA) is 76.8 Å². The van der Waals surface area contributed by atoms with Crippen LogP contribution in [0.4, 0.5) is 4.79 Å². The molecule has 1 aromatic carbocycles. The van der Waals surface area contributed by atoms with Gasteiger partial charge in [0.15, 0.2) is 0 Å². The quantitative estimate of drug-likeness (QED) is 0.889. The molecule has 0 aliphatic heterocycles. The maximum Gasteiger partial charge on any atom is 0.407 e. The number of aromatic nitrogens is 2. The van der Waals surface area contributed by atoms with Gasteiger partial charge in [-0.1, -0.05) is 0 Å². The molecule has 0 fully saturated rings. The van der Waals surface area contributed by atoms with Crippen LogP contribution in [-0.2, 0) is 18.0 Å². The van der Waals surface area contributed by atoms with E-state index in [1.807, 2.05) is 10.6 Å². The Morgan fingerprint density at radius 3 is 2.76 bits per heavy atom. The summed E-state index contributed by atoms with van der Waals surface area (Å²) in [5.74, 6) is 1.28. The van der Waals surface area contributed by atoms with E-state index in [4.69, 9.17) is 14.6 Å². The zero-order valence-electron chi connectivity index (χ0n) is 12.0. The number of halogens is 1. The average Bonchev–Trinajstić information content (AvgIpc) is 2.75. The summed E-state index contributed by atoms with van der Waals surface area (Å²) in [6.07, 6.45) is -1.01.